The summed E-state index contributed by atoms with van der Waals surface area (Å²) in [6.45, 7) is 2.97. The maximum atomic E-state index is 12.0. The van der Waals surface area contributed by atoms with Crippen LogP contribution < -0.4 is 0 Å². The third-order valence-corrected chi connectivity index (χ3v) is 4.45. The van der Waals surface area contributed by atoms with Crippen molar-refractivity contribution in [2.24, 2.45) is 5.92 Å². The summed E-state index contributed by atoms with van der Waals surface area (Å²) in [5.41, 5.74) is 2.55. The Balaban J connectivity index is 0.00000176. The van der Waals surface area contributed by atoms with E-state index < -0.39 is 0 Å². The van der Waals surface area contributed by atoms with Gasteiger partial charge in [-0.1, -0.05) is 18.2 Å². The Bertz CT molecular complexity index is 630. The van der Waals surface area contributed by atoms with Gasteiger partial charge >= 0.3 is 0 Å². The molecule has 2 aromatic rings. The van der Waals surface area contributed by atoms with Crippen LogP contribution >= 0.6 is 12.4 Å². The topological polar surface area (TPSA) is 39.3 Å². The second-order valence-corrected chi connectivity index (χ2v) is 6.14. The first-order valence-electron chi connectivity index (χ1n) is 7.63. The number of aromatic amines is 1. The Kier molecular flexibility index (Phi) is 5.48. The summed E-state index contributed by atoms with van der Waals surface area (Å²) in [7, 11) is 3.70. The maximum Gasteiger partial charge on any atom is 0.225 e. The molecule has 3 rings (SSSR count). The Morgan fingerprint density at radius 3 is 2.64 bits per heavy atom. The number of carbonyl (C=O) groups is 1. The molecular weight excluding hydrogens is 298 g/mol. The molecule has 1 N–H and O–H groups in total. The molecule has 0 radical (unpaired) electrons. The van der Waals surface area contributed by atoms with Gasteiger partial charge in [0.2, 0.25) is 5.91 Å². The number of nitrogens with zero attached hydrogens (tertiary/aromatic N) is 2. The van der Waals surface area contributed by atoms with Crippen LogP contribution in [0.15, 0.2) is 30.5 Å². The molecule has 1 aliphatic heterocycles. The predicted octanol–water partition coefficient (Wildman–Crippen LogP) is 2.89. The average Bonchev–Trinajstić information content (AvgIpc) is 2.91. The Hall–Kier alpha value is -1.52. The number of aromatic nitrogens is 1. The molecule has 1 saturated heterocycles. The van der Waals surface area contributed by atoms with Gasteiger partial charge in [0.25, 0.3) is 0 Å². The highest BCUT2D eigenvalue weighted by Crippen LogP contribution is 2.23. The second kappa shape index (κ2) is 7.16. The number of halogens is 1. The highest BCUT2D eigenvalue weighted by molar-refractivity contribution is 5.85. The molecular formula is C17H24ClN3O. The van der Waals surface area contributed by atoms with Crippen LogP contribution in [0.5, 0.6) is 0 Å². The normalized spacial score (nSPS) is 16.5. The van der Waals surface area contributed by atoms with Gasteiger partial charge in [-0.15, -0.1) is 12.4 Å². The zero-order valence-corrected chi connectivity index (χ0v) is 14.0. The van der Waals surface area contributed by atoms with Crippen molar-refractivity contribution >= 4 is 29.2 Å². The van der Waals surface area contributed by atoms with Crippen molar-refractivity contribution in [3.8, 4) is 0 Å². The third kappa shape index (κ3) is 3.45. The smallest absolute Gasteiger partial charge is 0.225 e. The summed E-state index contributed by atoms with van der Waals surface area (Å²) in [6.07, 6.45) is 4.06. The minimum Gasteiger partial charge on any atom is -0.361 e. The molecule has 0 unspecified atom stereocenters. The van der Waals surface area contributed by atoms with E-state index in [-0.39, 0.29) is 24.2 Å². The van der Waals surface area contributed by atoms with Gasteiger partial charge in [-0.2, -0.15) is 0 Å². The number of hydrogen-bond donors (Lipinski definition) is 1. The average molecular weight is 322 g/mol. The number of amides is 1. The summed E-state index contributed by atoms with van der Waals surface area (Å²) >= 11 is 0. The van der Waals surface area contributed by atoms with E-state index in [1.165, 1.54) is 16.5 Å². The molecule has 120 valence electrons. The summed E-state index contributed by atoms with van der Waals surface area (Å²) in [5.74, 6) is 0.487. The zero-order valence-electron chi connectivity index (χ0n) is 13.2. The van der Waals surface area contributed by atoms with Crippen LogP contribution in [0.1, 0.15) is 18.4 Å². The van der Waals surface area contributed by atoms with Crippen molar-refractivity contribution in [2.75, 3.05) is 27.2 Å². The van der Waals surface area contributed by atoms with Crippen molar-refractivity contribution in [1.29, 1.82) is 0 Å². The van der Waals surface area contributed by atoms with Gasteiger partial charge in [0.05, 0.1) is 0 Å². The van der Waals surface area contributed by atoms with Gasteiger partial charge in [-0.25, -0.2) is 0 Å². The molecule has 1 fully saturated rings. The standard InChI is InChI=1S/C17H23N3O.ClH/c1-19(2)17(21)13-7-9-20(10-8-13)12-14-11-18-16-6-4-3-5-15(14)16;/h3-6,11,13,18H,7-10,12H2,1-2H3;1H. The number of piperidine rings is 1. The van der Waals surface area contributed by atoms with Crippen molar-refractivity contribution in [2.45, 2.75) is 19.4 Å². The number of benzene rings is 1. The van der Waals surface area contributed by atoms with E-state index >= 15 is 0 Å². The molecule has 4 nitrogen and oxygen atoms in total. The van der Waals surface area contributed by atoms with E-state index in [4.69, 9.17) is 0 Å². The first kappa shape index (κ1) is 16.8. The molecule has 2 heterocycles. The lowest BCUT2D eigenvalue weighted by atomic mass is 9.95. The molecule has 0 bridgehead atoms. The van der Waals surface area contributed by atoms with Crippen molar-refractivity contribution in [3.05, 3.63) is 36.0 Å². The zero-order chi connectivity index (χ0) is 14.8. The fraction of sp³-hybridized carbons (Fsp3) is 0.471. The summed E-state index contributed by atoms with van der Waals surface area (Å²) < 4.78 is 0. The lowest BCUT2D eigenvalue weighted by molar-refractivity contribution is -0.134. The van der Waals surface area contributed by atoms with Crippen LogP contribution in [-0.4, -0.2) is 47.9 Å². The van der Waals surface area contributed by atoms with Crippen LogP contribution in [0.2, 0.25) is 0 Å². The van der Waals surface area contributed by atoms with Gasteiger partial charge in [-0.3, -0.25) is 9.69 Å². The van der Waals surface area contributed by atoms with Gasteiger partial charge in [0.15, 0.2) is 0 Å². The fourth-order valence-corrected chi connectivity index (χ4v) is 3.21. The van der Waals surface area contributed by atoms with Crippen molar-refractivity contribution in [3.63, 3.8) is 0 Å². The van der Waals surface area contributed by atoms with Gasteiger partial charge < -0.3 is 9.88 Å². The molecule has 1 aromatic heterocycles. The Labute approximate surface area is 137 Å². The van der Waals surface area contributed by atoms with Crippen LogP contribution in [0.3, 0.4) is 0 Å². The summed E-state index contributed by atoms with van der Waals surface area (Å²) in [5, 5.41) is 1.31. The molecule has 0 saturated carbocycles. The van der Waals surface area contributed by atoms with E-state index in [2.05, 4.69) is 40.3 Å². The molecule has 1 aliphatic rings. The summed E-state index contributed by atoms with van der Waals surface area (Å²) in [4.78, 5) is 19.5. The highest BCUT2D eigenvalue weighted by atomic mass is 35.5. The third-order valence-electron chi connectivity index (χ3n) is 4.45. The maximum absolute atomic E-state index is 12.0. The quantitative estimate of drug-likeness (QED) is 0.944. The lowest BCUT2D eigenvalue weighted by Crippen LogP contribution is -2.39. The van der Waals surface area contributed by atoms with Crippen LogP contribution in [0.4, 0.5) is 0 Å². The number of hydrogen-bond acceptors (Lipinski definition) is 2. The molecule has 5 heteroatoms. The predicted molar refractivity (Wildman–Crippen MR) is 92.2 cm³/mol. The van der Waals surface area contributed by atoms with Gasteiger partial charge in [0.1, 0.15) is 0 Å². The highest BCUT2D eigenvalue weighted by Gasteiger charge is 2.26. The largest absolute Gasteiger partial charge is 0.361 e. The monoisotopic (exact) mass is 321 g/mol. The van der Waals surface area contributed by atoms with Crippen LogP contribution in [0.25, 0.3) is 10.9 Å². The van der Waals surface area contributed by atoms with Crippen molar-refractivity contribution in [1.82, 2.24) is 14.8 Å². The van der Waals surface area contributed by atoms with Gasteiger partial charge in [0, 0.05) is 43.7 Å². The molecule has 0 spiro atoms. The second-order valence-electron chi connectivity index (χ2n) is 6.14. The lowest BCUT2D eigenvalue weighted by Gasteiger charge is -2.32. The fourth-order valence-electron chi connectivity index (χ4n) is 3.21. The van der Waals surface area contributed by atoms with E-state index in [1.807, 2.05) is 14.1 Å². The number of fused-ring (bicyclic) bond motifs is 1. The molecule has 22 heavy (non-hydrogen) atoms. The minimum absolute atomic E-state index is 0. The number of nitrogens with one attached hydrogen (secondary N) is 1. The van der Waals surface area contributed by atoms with Crippen LogP contribution in [-0.2, 0) is 11.3 Å². The van der Waals surface area contributed by atoms with Gasteiger partial charge in [-0.05, 0) is 37.6 Å². The summed E-state index contributed by atoms with van der Waals surface area (Å²) in [6, 6.07) is 8.42. The molecule has 1 aromatic carbocycles. The Morgan fingerprint density at radius 2 is 1.95 bits per heavy atom. The van der Waals surface area contributed by atoms with E-state index in [0.29, 0.717) is 0 Å². The number of carbonyl (C=O) groups excluding carboxylic acids is 1. The van der Waals surface area contributed by atoms with E-state index in [9.17, 15) is 4.79 Å². The van der Waals surface area contributed by atoms with E-state index in [0.717, 1.165) is 32.5 Å². The number of para-hydroxylation sites is 1. The SMILES string of the molecule is CN(C)C(=O)C1CCN(Cc2c[nH]c3ccccc23)CC1.Cl. The number of rotatable bonds is 3. The number of likely N-dealkylation sites (tertiary alicyclic amines) is 1. The molecule has 0 atom stereocenters. The Morgan fingerprint density at radius 1 is 1.27 bits per heavy atom. The van der Waals surface area contributed by atoms with Crippen molar-refractivity contribution < 1.29 is 4.79 Å². The molecule has 1 amide bonds. The number of H-pyrrole nitrogens is 1. The van der Waals surface area contributed by atoms with E-state index in [1.54, 1.807) is 4.90 Å². The van der Waals surface area contributed by atoms with Crippen LogP contribution in [0, 0.1) is 5.92 Å². The minimum atomic E-state index is 0. The molecule has 0 aliphatic carbocycles. The first-order chi connectivity index (χ1) is 10.1. The first-order valence-corrected chi connectivity index (χ1v) is 7.63.